The molecule has 0 aliphatic heterocycles. The van der Waals surface area contributed by atoms with E-state index in [4.69, 9.17) is 14.4 Å². The van der Waals surface area contributed by atoms with E-state index in [1.807, 2.05) is 43.6 Å². The Morgan fingerprint density at radius 3 is 2.20 bits per heavy atom. The Hall–Kier alpha value is -3.70. The number of aromatic nitrogens is 3. The Kier molecular flexibility index (Phi) is 9.41. The molecule has 0 spiro atoms. The third-order valence-corrected chi connectivity index (χ3v) is 9.22. The summed E-state index contributed by atoms with van der Waals surface area (Å²) in [5, 5.41) is 3.30. The SMILES string of the molecule is Cc1c[c-]c(-c2ccc(C)cn2)cc1.Cc1cnc(-c2[c-]ccc3c2oc2c3ccc3sc(C(C)(C)C)nc32)cc1C(C)C.[Ir]. The van der Waals surface area contributed by atoms with E-state index in [9.17, 15) is 0 Å². The molecule has 0 amide bonds. The van der Waals surface area contributed by atoms with E-state index in [-0.39, 0.29) is 25.5 Å². The van der Waals surface area contributed by atoms with Crippen LogP contribution in [0.1, 0.15) is 67.8 Å². The maximum atomic E-state index is 6.48. The summed E-state index contributed by atoms with van der Waals surface area (Å²) >= 11 is 1.75. The van der Waals surface area contributed by atoms with Gasteiger partial charge in [0.25, 0.3) is 0 Å². The summed E-state index contributed by atoms with van der Waals surface area (Å²) in [5.41, 5.74) is 11.4. The predicted molar refractivity (Wildman–Crippen MR) is 184 cm³/mol. The largest absolute Gasteiger partial charge is 0.498 e. The summed E-state index contributed by atoms with van der Waals surface area (Å²) in [6.45, 7) is 17.2. The molecule has 4 heterocycles. The first-order valence-corrected chi connectivity index (χ1v) is 15.9. The summed E-state index contributed by atoms with van der Waals surface area (Å²) in [6.07, 6.45) is 3.83. The number of hydrogen-bond acceptors (Lipinski definition) is 5. The van der Waals surface area contributed by atoms with Crippen molar-refractivity contribution in [1.82, 2.24) is 15.0 Å². The second kappa shape index (κ2) is 13.0. The molecule has 0 bridgehead atoms. The van der Waals surface area contributed by atoms with Gasteiger partial charge in [0, 0.05) is 43.3 Å². The number of hydrogen-bond donors (Lipinski definition) is 0. The van der Waals surface area contributed by atoms with Crippen molar-refractivity contribution < 1.29 is 24.5 Å². The molecule has 0 aliphatic rings. The zero-order chi connectivity index (χ0) is 31.2. The summed E-state index contributed by atoms with van der Waals surface area (Å²) in [5.74, 6) is 0.437. The van der Waals surface area contributed by atoms with Crippen molar-refractivity contribution in [2.24, 2.45) is 0 Å². The van der Waals surface area contributed by atoms with Crippen molar-refractivity contribution in [3.05, 3.63) is 112 Å². The average molecular weight is 788 g/mol. The molecule has 6 heteroatoms. The number of rotatable bonds is 3. The number of nitrogens with zero attached hydrogens (tertiary/aromatic N) is 3. The van der Waals surface area contributed by atoms with Crippen molar-refractivity contribution in [3.8, 4) is 22.5 Å². The topological polar surface area (TPSA) is 51.8 Å². The van der Waals surface area contributed by atoms with Gasteiger partial charge in [-0.15, -0.1) is 64.9 Å². The molecule has 7 aromatic rings. The van der Waals surface area contributed by atoms with Crippen molar-refractivity contribution in [2.75, 3.05) is 0 Å². The molecule has 4 nitrogen and oxygen atoms in total. The van der Waals surface area contributed by atoms with Crippen LogP contribution in [0.15, 0.2) is 77.5 Å². The van der Waals surface area contributed by atoms with Gasteiger partial charge in [0.15, 0.2) is 0 Å². The summed E-state index contributed by atoms with van der Waals surface area (Å²) in [6, 6.07) is 27.3. The van der Waals surface area contributed by atoms with Crippen LogP contribution < -0.4 is 0 Å². The fourth-order valence-electron chi connectivity index (χ4n) is 5.29. The monoisotopic (exact) mass is 788 g/mol. The van der Waals surface area contributed by atoms with E-state index < -0.39 is 0 Å². The maximum Gasteiger partial charge on any atom is 0.148 e. The zero-order valence-electron chi connectivity index (χ0n) is 27.0. The van der Waals surface area contributed by atoms with Crippen molar-refractivity contribution in [3.63, 3.8) is 0 Å². The standard InChI is InChI=1S/C26H25N2OS.C13H12N.Ir/c1-14(2)19-12-20(27-13-15(19)3)18-9-7-8-16-17-10-11-21-22(24(17)29-23(16)18)28-25(30-21)26(4,5)6;1-10-3-6-12(7-4-10)13-8-5-11(2)9-14-13;/h7-8,10-14H,1-6H3;3-6,8-9H,1-2H3;/q2*-1;. The molecule has 231 valence electrons. The van der Waals surface area contributed by atoms with Crippen LogP contribution in [-0.4, -0.2) is 15.0 Å². The van der Waals surface area contributed by atoms with Crippen LogP contribution in [-0.2, 0) is 25.5 Å². The number of fused-ring (bicyclic) bond motifs is 5. The first-order valence-electron chi connectivity index (χ1n) is 15.0. The van der Waals surface area contributed by atoms with Crippen LogP contribution in [0, 0.1) is 32.9 Å². The molecule has 3 aromatic carbocycles. The van der Waals surface area contributed by atoms with Crippen LogP contribution in [0.4, 0.5) is 0 Å². The summed E-state index contributed by atoms with van der Waals surface area (Å²) in [7, 11) is 0. The molecule has 0 N–H and O–H groups in total. The van der Waals surface area contributed by atoms with Crippen molar-refractivity contribution >= 4 is 43.5 Å². The maximum absolute atomic E-state index is 6.48. The molecule has 0 fully saturated rings. The van der Waals surface area contributed by atoms with Crippen LogP contribution in [0.5, 0.6) is 0 Å². The van der Waals surface area contributed by atoms with Gasteiger partial charge in [-0.3, -0.25) is 0 Å². The fraction of sp³-hybridized carbons (Fsp3) is 0.256. The molecular weight excluding hydrogens is 751 g/mol. The van der Waals surface area contributed by atoms with Crippen LogP contribution in [0.25, 0.3) is 54.7 Å². The first-order chi connectivity index (χ1) is 21.0. The smallest absolute Gasteiger partial charge is 0.148 e. The molecule has 1 radical (unpaired) electrons. The molecule has 45 heavy (non-hydrogen) atoms. The summed E-state index contributed by atoms with van der Waals surface area (Å²) in [4.78, 5) is 14.0. The zero-order valence-corrected chi connectivity index (χ0v) is 30.2. The van der Waals surface area contributed by atoms with Gasteiger partial charge >= 0.3 is 0 Å². The fourth-order valence-corrected chi connectivity index (χ4v) is 6.31. The Morgan fingerprint density at radius 1 is 0.800 bits per heavy atom. The molecule has 0 unspecified atom stereocenters. The van der Waals surface area contributed by atoms with Crippen LogP contribution in [0.3, 0.4) is 0 Å². The second-order valence-electron chi connectivity index (χ2n) is 12.8. The first kappa shape index (κ1) is 32.7. The molecule has 4 aromatic heterocycles. The van der Waals surface area contributed by atoms with Gasteiger partial charge in [-0.05, 0) is 53.9 Å². The molecular formula is C39H37IrN3OS-2. The molecule has 0 aliphatic carbocycles. The van der Waals surface area contributed by atoms with E-state index in [1.54, 1.807) is 11.3 Å². The third kappa shape index (κ3) is 6.65. The van der Waals surface area contributed by atoms with Gasteiger partial charge in [-0.1, -0.05) is 76.8 Å². The third-order valence-electron chi connectivity index (χ3n) is 7.78. The predicted octanol–water partition coefficient (Wildman–Crippen LogP) is 11.0. The van der Waals surface area contributed by atoms with Gasteiger partial charge in [-0.2, -0.15) is 0 Å². The second-order valence-corrected chi connectivity index (χ2v) is 13.9. The van der Waals surface area contributed by atoms with E-state index >= 15 is 0 Å². The Labute approximate surface area is 283 Å². The number of thiazole rings is 1. The van der Waals surface area contributed by atoms with Crippen LogP contribution >= 0.6 is 11.3 Å². The Bertz CT molecular complexity index is 2060. The Morgan fingerprint density at radius 2 is 1.53 bits per heavy atom. The van der Waals surface area contributed by atoms with Gasteiger partial charge in [0.1, 0.15) is 11.1 Å². The van der Waals surface area contributed by atoms with Crippen molar-refractivity contribution in [2.45, 2.75) is 66.7 Å². The van der Waals surface area contributed by atoms with Gasteiger partial charge < -0.3 is 14.4 Å². The summed E-state index contributed by atoms with van der Waals surface area (Å²) < 4.78 is 7.64. The number of pyridine rings is 2. The minimum Gasteiger partial charge on any atom is -0.498 e. The quantitative estimate of drug-likeness (QED) is 0.167. The molecule has 0 saturated carbocycles. The van der Waals surface area contributed by atoms with E-state index in [2.05, 4.69) is 102 Å². The van der Waals surface area contributed by atoms with E-state index in [0.29, 0.717) is 5.92 Å². The number of aryl methyl sites for hydroxylation is 3. The van der Waals surface area contributed by atoms with Crippen LogP contribution in [0.2, 0.25) is 0 Å². The normalized spacial score (nSPS) is 11.6. The van der Waals surface area contributed by atoms with Gasteiger partial charge in [0.2, 0.25) is 0 Å². The number of benzene rings is 3. The minimum atomic E-state index is 0. The minimum absolute atomic E-state index is 0. The van der Waals surface area contributed by atoms with Gasteiger partial charge in [-0.25, -0.2) is 4.98 Å². The van der Waals surface area contributed by atoms with E-state index in [1.165, 1.54) is 22.3 Å². The van der Waals surface area contributed by atoms with Gasteiger partial charge in [0.05, 0.1) is 15.3 Å². The molecule has 7 rings (SSSR count). The number of furan rings is 1. The molecule has 0 saturated heterocycles. The Balaban J connectivity index is 0.000000225. The molecule has 0 atom stereocenters. The van der Waals surface area contributed by atoms with E-state index in [0.717, 1.165) is 59.7 Å². The average Bonchev–Trinajstić information content (AvgIpc) is 3.61. The van der Waals surface area contributed by atoms with Crippen molar-refractivity contribution in [1.29, 1.82) is 0 Å².